The molecule has 1 aromatic carbocycles. The number of pyridine rings is 1. The van der Waals surface area contributed by atoms with Gasteiger partial charge in [0.25, 0.3) is 0 Å². The fourth-order valence-corrected chi connectivity index (χ4v) is 2.98. The van der Waals surface area contributed by atoms with Crippen LogP contribution in [0.25, 0.3) is 5.65 Å². The van der Waals surface area contributed by atoms with E-state index in [4.69, 9.17) is 10.5 Å². The Labute approximate surface area is 127 Å². The van der Waals surface area contributed by atoms with E-state index < -0.39 is 0 Å². The van der Waals surface area contributed by atoms with Crippen molar-refractivity contribution in [2.75, 3.05) is 7.11 Å². The number of thioether (sulfide) groups is 1. The van der Waals surface area contributed by atoms with Crippen LogP contribution in [-0.2, 0) is 12.3 Å². The fraction of sp³-hybridized carbons (Fsp3) is 0.200. The number of nitrogens with two attached hydrogens (primary N) is 1. The second-order valence-electron chi connectivity index (χ2n) is 4.55. The van der Waals surface area contributed by atoms with Crippen molar-refractivity contribution in [3.05, 3.63) is 53.7 Å². The Hall–Kier alpha value is -2.05. The van der Waals surface area contributed by atoms with Gasteiger partial charge in [-0.1, -0.05) is 30.0 Å². The summed E-state index contributed by atoms with van der Waals surface area (Å²) in [6.45, 7) is 0.478. The second kappa shape index (κ2) is 6.15. The molecular formula is C15H16N4OS. The smallest absolute Gasteiger partial charge is 0.195 e. The first-order chi connectivity index (χ1) is 10.3. The van der Waals surface area contributed by atoms with Crippen molar-refractivity contribution in [2.24, 2.45) is 5.73 Å². The highest BCUT2D eigenvalue weighted by molar-refractivity contribution is 7.98. The standard InChI is InChI=1S/C15H16N4OS/c1-20-13-8-11(5-6-12(13)9-16)10-21-15-18-17-14-4-2-3-7-19(14)15/h2-8H,9-10,16H2,1H3. The van der Waals surface area contributed by atoms with E-state index in [9.17, 15) is 0 Å². The van der Waals surface area contributed by atoms with E-state index in [1.54, 1.807) is 18.9 Å². The number of aromatic nitrogens is 3. The number of nitrogens with zero attached hydrogens (tertiary/aromatic N) is 3. The summed E-state index contributed by atoms with van der Waals surface area (Å²) in [5.41, 5.74) is 8.72. The average molecular weight is 300 g/mol. The molecule has 2 aromatic heterocycles. The molecule has 0 atom stereocenters. The van der Waals surface area contributed by atoms with Gasteiger partial charge in [-0.05, 0) is 23.8 Å². The van der Waals surface area contributed by atoms with Crippen molar-refractivity contribution in [1.82, 2.24) is 14.6 Å². The SMILES string of the molecule is COc1cc(CSc2nnc3ccccn23)ccc1CN. The highest BCUT2D eigenvalue weighted by Crippen LogP contribution is 2.25. The van der Waals surface area contributed by atoms with Crippen LogP contribution in [0.4, 0.5) is 0 Å². The van der Waals surface area contributed by atoms with Crippen LogP contribution in [0.2, 0.25) is 0 Å². The van der Waals surface area contributed by atoms with Gasteiger partial charge >= 0.3 is 0 Å². The van der Waals surface area contributed by atoms with Gasteiger partial charge in [-0.15, -0.1) is 10.2 Å². The Kier molecular flexibility index (Phi) is 4.08. The predicted molar refractivity (Wildman–Crippen MR) is 83.4 cm³/mol. The summed E-state index contributed by atoms with van der Waals surface area (Å²) in [4.78, 5) is 0. The number of rotatable bonds is 5. The van der Waals surface area contributed by atoms with E-state index in [0.717, 1.165) is 27.9 Å². The van der Waals surface area contributed by atoms with Crippen molar-refractivity contribution < 1.29 is 4.74 Å². The largest absolute Gasteiger partial charge is 0.496 e. The third kappa shape index (κ3) is 2.86. The van der Waals surface area contributed by atoms with E-state index in [0.29, 0.717) is 6.54 Å². The number of fused-ring (bicyclic) bond motifs is 1. The molecule has 0 unspecified atom stereocenters. The molecule has 3 aromatic rings. The molecule has 108 valence electrons. The molecule has 0 saturated carbocycles. The lowest BCUT2D eigenvalue weighted by atomic mass is 10.1. The van der Waals surface area contributed by atoms with Crippen molar-refractivity contribution in [2.45, 2.75) is 17.5 Å². The number of ether oxygens (including phenoxy) is 1. The normalized spacial score (nSPS) is 11.0. The number of hydrogen-bond acceptors (Lipinski definition) is 5. The first kappa shape index (κ1) is 13.9. The zero-order valence-electron chi connectivity index (χ0n) is 11.7. The molecule has 2 N–H and O–H groups in total. The van der Waals surface area contributed by atoms with Crippen LogP contribution >= 0.6 is 11.8 Å². The summed E-state index contributed by atoms with van der Waals surface area (Å²) in [7, 11) is 1.66. The van der Waals surface area contributed by atoms with Gasteiger partial charge in [0.2, 0.25) is 0 Å². The highest BCUT2D eigenvalue weighted by atomic mass is 32.2. The third-order valence-corrected chi connectivity index (χ3v) is 4.24. The lowest BCUT2D eigenvalue weighted by molar-refractivity contribution is 0.409. The van der Waals surface area contributed by atoms with Crippen LogP contribution in [0.3, 0.4) is 0 Å². The number of hydrogen-bond donors (Lipinski definition) is 1. The molecule has 5 nitrogen and oxygen atoms in total. The fourth-order valence-electron chi connectivity index (χ4n) is 2.11. The molecule has 0 fully saturated rings. The molecule has 0 amide bonds. The molecule has 3 rings (SSSR count). The lowest BCUT2D eigenvalue weighted by Gasteiger charge is -2.08. The Morgan fingerprint density at radius 2 is 2.14 bits per heavy atom. The van der Waals surface area contributed by atoms with Crippen LogP contribution in [0.15, 0.2) is 47.8 Å². The molecule has 2 heterocycles. The van der Waals surface area contributed by atoms with Gasteiger partial charge < -0.3 is 10.5 Å². The Morgan fingerprint density at radius 1 is 1.24 bits per heavy atom. The number of benzene rings is 1. The van der Waals surface area contributed by atoms with Gasteiger partial charge in [0.1, 0.15) is 5.75 Å². The van der Waals surface area contributed by atoms with Crippen molar-refractivity contribution in [3.63, 3.8) is 0 Å². The maximum atomic E-state index is 5.68. The molecule has 0 radical (unpaired) electrons. The van der Waals surface area contributed by atoms with E-state index in [2.05, 4.69) is 16.3 Å². The number of methoxy groups -OCH3 is 1. The lowest BCUT2D eigenvalue weighted by Crippen LogP contribution is -2.00. The van der Waals surface area contributed by atoms with Crippen LogP contribution < -0.4 is 10.5 Å². The first-order valence-electron chi connectivity index (χ1n) is 6.60. The minimum absolute atomic E-state index is 0.478. The topological polar surface area (TPSA) is 65.4 Å². The zero-order chi connectivity index (χ0) is 14.7. The minimum Gasteiger partial charge on any atom is -0.496 e. The van der Waals surface area contributed by atoms with Gasteiger partial charge in [-0.25, -0.2) is 0 Å². The molecule has 6 heteroatoms. The highest BCUT2D eigenvalue weighted by Gasteiger charge is 2.07. The van der Waals surface area contributed by atoms with Gasteiger partial charge in [-0.2, -0.15) is 0 Å². The average Bonchev–Trinajstić information content (AvgIpc) is 2.96. The minimum atomic E-state index is 0.478. The van der Waals surface area contributed by atoms with Gasteiger partial charge in [0.05, 0.1) is 7.11 Å². The van der Waals surface area contributed by atoms with Crippen molar-refractivity contribution >= 4 is 17.4 Å². The third-order valence-electron chi connectivity index (χ3n) is 3.22. The first-order valence-corrected chi connectivity index (χ1v) is 7.59. The van der Waals surface area contributed by atoms with Crippen LogP contribution in [0.1, 0.15) is 11.1 Å². The van der Waals surface area contributed by atoms with E-state index in [1.807, 2.05) is 40.9 Å². The van der Waals surface area contributed by atoms with Crippen LogP contribution in [0, 0.1) is 0 Å². The van der Waals surface area contributed by atoms with Crippen LogP contribution in [-0.4, -0.2) is 21.7 Å². The molecular weight excluding hydrogens is 284 g/mol. The molecule has 0 saturated heterocycles. The molecule has 0 bridgehead atoms. The van der Waals surface area contributed by atoms with E-state index in [-0.39, 0.29) is 0 Å². The van der Waals surface area contributed by atoms with E-state index in [1.165, 1.54) is 5.56 Å². The summed E-state index contributed by atoms with van der Waals surface area (Å²) in [6.07, 6.45) is 1.97. The zero-order valence-corrected chi connectivity index (χ0v) is 12.5. The quantitative estimate of drug-likeness (QED) is 0.733. The van der Waals surface area contributed by atoms with Crippen molar-refractivity contribution in [3.8, 4) is 5.75 Å². The van der Waals surface area contributed by atoms with Gasteiger partial charge in [0.15, 0.2) is 10.8 Å². The Morgan fingerprint density at radius 3 is 2.95 bits per heavy atom. The molecule has 0 spiro atoms. The molecule has 0 aliphatic rings. The second-order valence-corrected chi connectivity index (χ2v) is 5.49. The summed E-state index contributed by atoms with van der Waals surface area (Å²) < 4.78 is 7.34. The summed E-state index contributed by atoms with van der Waals surface area (Å²) in [6, 6.07) is 12.0. The van der Waals surface area contributed by atoms with E-state index >= 15 is 0 Å². The molecule has 0 aliphatic heterocycles. The maximum absolute atomic E-state index is 5.68. The summed E-state index contributed by atoms with van der Waals surface area (Å²) in [5.74, 6) is 1.64. The molecule has 21 heavy (non-hydrogen) atoms. The Bertz CT molecular complexity index is 756. The maximum Gasteiger partial charge on any atom is 0.195 e. The van der Waals surface area contributed by atoms with Gasteiger partial charge in [0, 0.05) is 24.1 Å². The van der Waals surface area contributed by atoms with Crippen LogP contribution in [0.5, 0.6) is 5.75 Å². The van der Waals surface area contributed by atoms with Gasteiger partial charge in [-0.3, -0.25) is 4.40 Å². The summed E-state index contributed by atoms with van der Waals surface area (Å²) >= 11 is 1.64. The monoisotopic (exact) mass is 300 g/mol. The molecule has 0 aliphatic carbocycles. The van der Waals surface area contributed by atoms with Crippen molar-refractivity contribution in [1.29, 1.82) is 0 Å². The predicted octanol–water partition coefficient (Wildman–Crippen LogP) is 2.49. The Balaban J connectivity index is 1.78. The summed E-state index contributed by atoms with van der Waals surface area (Å²) in [5, 5.41) is 9.24.